The van der Waals surface area contributed by atoms with Gasteiger partial charge in [0.15, 0.2) is 6.61 Å². The van der Waals surface area contributed by atoms with Crippen molar-refractivity contribution in [3.8, 4) is 5.75 Å². The van der Waals surface area contributed by atoms with Crippen molar-refractivity contribution >= 4 is 46.4 Å². The zero-order valence-corrected chi connectivity index (χ0v) is 17.7. The molecular weight excluding hydrogens is 422 g/mol. The van der Waals surface area contributed by atoms with Crippen LogP contribution in [0.5, 0.6) is 5.75 Å². The molecule has 31 heavy (non-hydrogen) atoms. The number of fused-ring (bicyclic) bond motifs is 1. The molecule has 0 unspecified atom stereocenters. The number of carbonyl (C=O) groups is 3. The first-order valence-corrected chi connectivity index (χ1v) is 10.3. The van der Waals surface area contributed by atoms with Crippen molar-refractivity contribution in [2.75, 3.05) is 29.7 Å². The average Bonchev–Trinajstić information content (AvgIpc) is 3.24. The number of benzene rings is 2. The van der Waals surface area contributed by atoms with Crippen molar-refractivity contribution in [2.45, 2.75) is 31.2 Å². The minimum atomic E-state index is -0.972. The monoisotopic (exact) mass is 443 g/mol. The lowest BCUT2D eigenvalue weighted by Gasteiger charge is -2.44. The van der Waals surface area contributed by atoms with E-state index in [0.717, 1.165) is 12.8 Å². The van der Waals surface area contributed by atoms with Gasteiger partial charge in [-0.2, -0.15) is 0 Å². The van der Waals surface area contributed by atoms with E-state index in [1.807, 2.05) is 0 Å². The summed E-state index contributed by atoms with van der Waals surface area (Å²) in [6, 6.07) is 9.85. The molecule has 1 saturated carbocycles. The molecule has 0 atom stereocenters. The van der Waals surface area contributed by atoms with Gasteiger partial charge in [0.1, 0.15) is 16.9 Å². The fourth-order valence-electron chi connectivity index (χ4n) is 4.30. The van der Waals surface area contributed by atoms with E-state index in [1.165, 1.54) is 24.1 Å². The van der Waals surface area contributed by atoms with Gasteiger partial charge in [-0.15, -0.1) is 0 Å². The fraction of sp³-hybridized carbons (Fsp3) is 0.318. The van der Waals surface area contributed by atoms with Crippen molar-refractivity contribution in [3.05, 3.63) is 47.0 Å². The van der Waals surface area contributed by atoms with Crippen LogP contribution in [0.4, 0.5) is 17.1 Å². The molecule has 3 N–H and O–H groups in total. The molecule has 0 saturated heterocycles. The highest BCUT2D eigenvalue weighted by molar-refractivity contribution is 6.33. The molecule has 1 spiro atoms. The van der Waals surface area contributed by atoms with E-state index in [1.54, 1.807) is 24.3 Å². The van der Waals surface area contributed by atoms with Crippen molar-refractivity contribution in [3.63, 3.8) is 0 Å². The molecule has 9 heteroatoms. The molecule has 1 fully saturated rings. The van der Waals surface area contributed by atoms with Crippen molar-refractivity contribution in [1.29, 1.82) is 0 Å². The van der Waals surface area contributed by atoms with Gasteiger partial charge in [0.2, 0.25) is 0 Å². The van der Waals surface area contributed by atoms with E-state index in [2.05, 4.69) is 5.32 Å². The zero-order valence-electron chi connectivity index (χ0n) is 16.9. The van der Waals surface area contributed by atoms with Crippen LogP contribution in [0.1, 0.15) is 36.0 Å². The maximum absolute atomic E-state index is 13.3. The van der Waals surface area contributed by atoms with Crippen LogP contribution >= 0.6 is 11.6 Å². The highest BCUT2D eigenvalue weighted by Gasteiger charge is 2.52. The Balaban J connectivity index is 1.60. The van der Waals surface area contributed by atoms with Crippen LogP contribution in [-0.4, -0.2) is 37.0 Å². The minimum Gasteiger partial charge on any atom is -0.496 e. The number of hydrogen-bond acceptors (Lipinski definition) is 6. The average molecular weight is 444 g/mol. The Kier molecular flexibility index (Phi) is 5.49. The second-order valence-electron chi connectivity index (χ2n) is 7.59. The van der Waals surface area contributed by atoms with Crippen LogP contribution in [0.2, 0.25) is 5.02 Å². The molecule has 8 nitrogen and oxygen atoms in total. The number of hydrogen-bond donors (Lipinski definition) is 2. The highest BCUT2D eigenvalue weighted by Crippen LogP contribution is 2.45. The number of rotatable bonds is 4. The lowest BCUT2D eigenvalue weighted by atomic mass is 9.90. The highest BCUT2D eigenvalue weighted by atomic mass is 35.5. The van der Waals surface area contributed by atoms with Gasteiger partial charge in [0.25, 0.3) is 11.8 Å². The number of nitrogens with one attached hydrogen (secondary N) is 1. The Bertz CT molecular complexity index is 1070. The maximum Gasteiger partial charge on any atom is 0.342 e. The van der Waals surface area contributed by atoms with Crippen molar-refractivity contribution in [1.82, 2.24) is 0 Å². The third-order valence-corrected chi connectivity index (χ3v) is 6.12. The number of nitrogens with zero attached hydrogens (tertiary/aromatic N) is 1. The van der Waals surface area contributed by atoms with Crippen LogP contribution in [0.15, 0.2) is 36.4 Å². The molecule has 0 radical (unpaired) electrons. The van der Waals surface area contributed by atoms with Crippen LogP contribution < -0.4 is 20.7 Å². The van der Waals surface area contributed by atoms with Crippen LogP contribution in [0.3, 0.4) is 0 Å². The second-order valence-corrected chi connectivity index (χ2v) is 8.00. The molecule has 1 aliphatic carbocycles. The van der Waals surface area contributed by atoms with Crippen LogP contribution in [-0.2, 0) is 14.3 Å². The molecule has 2 aromatic rings. The predicted molar refractivity (Wildman–Crippen MR) is 116 cm³/mol. The van der Waals surface area contributed by atoms with E-state index in [-0.39, 0.29) is 27.9 Å². The lowest BCUT2D eigenvalue weighted by Crippen LogP contribution is -2.61. The van der Waals surface area contributed by atoms with Gasteiger partial charge in [-0.1, -0.05) is 36.6 Å². The summed E-state index contributed by atoms with van der Waals surface area (Å²) < 4.78 is 10.5. The summed E-state index contributed by atoms with van der Waals surface area (Å²) in [5, 5.41) is 3.08. The summed E-state index contributed by atoms with van der Waals surface area (Å²) in [5.74, 6) is -1.27. The standard InChI is InChI=1S/C22H22ClN3O5/c1-30-18-11-15(24)14(23)10-13(18)20(28)31-12-19(27)26-17-7-3-2-6-16(17)25-21(29)22(26)8-4-5-9-22/h2-3,6-7,10-11H,4-5,8-9,12,24H2,1H3,(H,25,29). The van der Waals surface area contributed by atoms with E-state index >= 15 is 0 Å². The summed E-state index contributed by atoms with van der Waals surface area (Å²) in [6.45, 7) is -0.534. The SMILES string of the molecule is COc1cc(N)c(Cl)cc1C(=O)OCC(=O)N1c2ccccc2NC(=O)C12CCCC2. The van der Waals surface area contributed by atoms with Gasteiger partial charge in [-0.05, 0) is 31.0 Å². The first-order chi connectivity index (χ1) is 14.9. The fourth-order valence-corrected chi connectivity index (χ4v) is 4.46. The molecule has 1 aliphatic heterocycles. The van der Waals surface area contributed by atoms with Gasteiger partial charge < -0.3 is 20.5 Å². The number of nitrogen functional groups attached to an aromatic ring is 1. The second kappa shape index (κ2) is 8.11. The van der Waals surface area contributed by atoms with Crippen molar-refractivity contribution in [2.24, 2.45) is 0 Å². The van der Waals surface area contributed by atoms with Gasteiger partial charge in [-0.25, -0.2) is 4.79 Å². The number of ether oxygens (including phenoxy) is 2. The Morgan fingerprint density at radius 3 is 2.65 bits per heavy atom. The van der Waals surface area contributed by atoms with Gasteiger partial charge in [-0.3, -0.25) is 14.5 Å². The topological polar surface area (TPSA) is 111 Å². The summed E-state index contributed by atoms with van der Waals surface area (Å²) >= 11 is 6.02. The van der Waals surface area contributed by atoms with Crippen LogP contribution in [0, 0.1) is 0 Å². The number of nitrogens with two attached hydrogens (primary N) is 1. The summed E-state index contributed by atoms with van der Waals surface area (Å²) in [6.07, 6.45) is 2.77. The van der Waals surface area contributed by atoms with Gasteiger partial charge in [0, 0.05) is 6.07 Å². The minimum absolute atomic E-state index is 0.0573. The van der Waals surface area contributed by atoms with Crippen LogP contribution in [0.25, 0.3) is 0 Å². The number of amides is 2. The quantitative estimate of drug-likeness (QED) is 0.553. The summed E-state index contributed by atoms with van der Waals surface area (Å²) in [4.78, 5) is 40.4. The number of halogens is 1. The molecule has 162 valence electrons. The number of anilines is 3. The number of esters is 1. The predicted octanol–water partition coefficient (Wildman–Crippen LogP) is 3.39. The smallest absolute Gasteiger partial charge is 0.342 e. The molecule has 4 rings (SSSR count). The summed E-state index contributed by atoms with van der Waals surface area (Å²) in [5.41, 5.74) is 6.23. The lowest BCUT2D eigenvalue weighted by molar-refractivity contribution is -0.129. The summed E-state index contributed by atoms with van der Waals surface area (Å²) in [7, 11) is 1.39. The van der Waals surface area contributed by atoms with E-state index < -0.39 is 24.0 Å². The number of methoxy groups -OCH3 is 1. The molecular formula is C22H22ClN3O5. The Labute approximate surface area is 184 Å². The molecule has 2 aromatic carbocycles. The third kappa shape index (κ3) is 3.57. The van der Waals surface area contributed by atoms with E-state index in [9.17, 15) is 14.4 Å². The molecule has 0 bridgehead atoms. The molecule has 0 aromatic heterocycles. The molecule has 2 amide bonds. The first-order valence-electron chi connectivity index (χ1n) is 9.91. The molecule has 2 aliphatic rings. The first kappa shape index (κ1) is 21.0. The van der Waals surface area contributed by atoms with E-state index in [0.29, 0.717) is 24.2 Å². The third-order valence-electron chi connectivity index (χ3n) is 5.79. The Hall–Kier alpha value is -3.26. The maximum atomic E-state index is 13.3. The zero-order chi connectivity index (χ0) is 22.2. The largest absolute Gasteiger partial charge is 0.496 e. The van der Waals surface area contributed by atoms with Gasteiger partial charge >= 0.3 is 5.97 Å². The normalized spacial score (nSPS) is 16.6. The molecule has 1 heterocycles. The van der Waals surface area contributed by atoms with E-state index in [4.69, 9.17) is 26.8 Å². The number of para-hydroxylation sites is 2. The van der Waals surface area contributed by atoms with Gasteiger partial charge in [0.05, 0.1) is 29.2 Å². The number of carbonyl (C=O) groups excluding carboxylic acids is 3. The van der Waals surface area contributed by atoms with Crippen molar-refractivity contribution < 1.29 is 23.9 Å². The Morgan fingerprint density at radius 1 is 1.23 bits per heavy atom. The Morgan fingerprint density at radius 2 is 1.94 bits per heavy atom.